The molecular formula is C34H31Br3F9N5O5. The molecule has 6 N–H and O–H groups in total. The number of hydrogen-bond donors (Lipinski definition) is 4. The lowest BCUT2D eigenvalue weighted by atomic mass is 10.2. The molecule has 0 atom stereocenters. The number of alkyl halides is 9. The molecule has 56 heavy (non-hydrogen) atoms. The van der Waals surface area contributed by atoms with Crippen molar-refractivity contribution in [1.82, 2.24) is 5.01 Å². The van der Waals surface area contributed by atoms with Gasteiger partial charge in [0, 0.05) is 47.1 Å². The van der Waals surface area contributed by atoms with Gasteiger partial charge in [-0.2, -0.15) is 44.5 Å². The summed E-state index contributed by atoms with van der Waals surface area (Å²) >= 11 is 8.42. The van der Waals surface area contributed by atoms with Gasteiger partial charge in [0.15, 0.2) is 0 Å². The van der Waals surface area contributed by atoms with Crippen molar-refractivity contribution < 1.29 is 63.4 Å². The van der Waals surface area contributed by atoms with Crippen molar-refractivity contribution in [2.75, 3.05) is 16.6 Å². The molecule has 2 amide bonds. The maximum absolute atomic E-state index is 12.8. The predicted molar refractivity (Wildman–Crippen MR) is 200 cm³/mol. The monoisotopic (exact) mass is 997 g/mol. The Bertz CT molecular complexity index is 2000. The van der Waals surface area contributed by atoms with E-state index in [1.54, 1.807) is 13.8 Å². The molecule has 0 aliphatic carbocycles. The normalized spacial score (nSPS) is 14.2. The highest BCUT2D eigenvalue weighted by atomic mass is 79.9. The zero-order chi connectivity index (χ0) is 42.4. The number of ether oxygens (including phenoxy) is 1. The van der Waals surface area contributed by atoms with E-state index >= 15 is 0 Å². The first-order valence-electron chi connectivity index (χ1n) is 14.7. The third-order valence-electron chi connectivity index (χ3n) is 7.22. The molecule has 2 aliphatic heterocycles. The maximum Gasteiger partial charge on any atom is 0.417 e. The zero-order valence-electron chi connectivity index (χ0n) is 28.4. The van der Waals surface area contributed by atoms with Gasteiger partial charge in [-0.25, -0.2) is 9.59 Å². The summed E-state index contributed by atoms with van der Waals surface area (Å²) in [5.74, 6) is 2.80. The molecule has 0 bridgehead atoms. The van der Waals surface area contributed by atoms with Crippen LogP contribution in [0.4, 0.5) is 56.6 Å². The lowest BCUT2D eigenvalue weighted by molar-refractivity contribution is -0.151. The highest BCUT2D eigenvalue weighted by Gasteiger charge is 2.37. The molecule has 0 aromatic heterocycles. The van der Waals surface area contributed by atoms with Crippen molar-refractivity contribution in [1.29, 1.82) is 0 Å². The minimum absolute atomic E-state index is 0. The number of nitrogens with two attached hydrogens (primary N) is 2. The first-order valence-corrected chi connectivity index (χ1v) is 17.1. The molecule has 0 saturated carbocycles. The average molecular weight is 1000 g/mol. The fourth-order valence-corrected chi connectivity index (χ4v) is 5.34. The summed E-state index contributed by atoms with van der Waals surface area (Å²) in [4.78, 5) is 44.7. The first-order chi connectivity index (χ1) is 25.1. The van der Waals surface area contributed by atoms with Gasteiger partial charge in [0.05, 0.1) is 22.4 Å². The maximum atomic E-state index is 12.8. The number of cyclic esters (lactones) is 2. The lowest BCUT2D eigenvalue weighted by Crippen LogP contribution is -2.36. The van der Waals surface area contributed by atoms with Crippen LogP contribution in [-0.4, -0.2) is 28.8 Å². The molecule has 10 nitrogen and oxygen atoms in total. The Hall–Kier alpha value is -4.41. The second-order valence-electron chi connectivity index (χ2n) is 11.0. The van der Waals surface area contributed by atoms with Crippen LogP contribution in [0.25, 0.3) is 0 Å². The molecule has 2 aliphatic rings. The van der Waals surface area contributed by atoms with Crippen molar-refractivity contribution in [3.05, 3.63) is 107 Å². The number of halogens is 12. The van der Waals surface area contributed by atoms with Gasteiger partial charge in [-0.1, -0.05) is 55.2 Å². The molecule has 0 radical (unpaired) electrons. The number of nitrogens with one attached hydrogen (secondary N) is 2. The van der Waals surface area contributed by atoms with Crippen LogP contribution in [0.2, 0.25) is 0 Å². The van der Waals surface area contributed by atoms with Crippen LogP contribution in [-0.2, 0) is 42.4 Å². The Morgan fingerprint density at radius 3 is 1.23 bits per heavy atom. The number of amides is 2. The fraction of sp³-hybridized carbons (Fsp3) is 0.235. The van der Waals surface area contributed by atoms with Crippen LogP contribution >= 0.6 is 47.8 Å². The number of benzene rings is 3. The summed E-state index contributed by atoms with van der Waals surface area (Å²) in [5, 5.41) is 0.702. The van der Waals surface area contributed by atoms with Crippen molar-refractivity contribution in [2.24, 2.45) is 5.84 Å². The number of carbonyl (C=O) groups excluding carboxylic acids is 4. The molecule has 0 unspecified atom stereocenters. The summed E-state index contributed by atoms with van der Waals surface area (Å²) in [6.07, 6.45) is -13.3. The van der Waals surface area contributed by atoms with E-state index in [-0.39, 0.29) is 49.1 Å². The molecule has 0 fully saturated rings. The Kier molecular flexibility index (Phi) is 17.4. The molecule has 5 rings (SSSR count). The third kappa shape index (κ3) is 13.1. The molecule has 0 saturated heterocycles. The summed E-state index contributed by atoms with van der Waals surface area (Å²) in [6.45, 7) is 6.12. The lowest BCUT2D eigenvalue weighted by Gasteiger charge is -2.19. The van der Waals surface area contributed by atoms with Gasteiger partial charge >= 0.3 is 30.5 Å². The molecule has 3 aromatic rings. The molecule has 2 heterocycles. The highest BCUT2D eigenvalue weighted by molar-refractivity contribution is 9.11. The molecule has 306 valence electrons. The summed E-state index contributed by atoms with van der Waals surface area (Å²) < 4.78 is 116. The number of rotatable bonds is 3. The number of hydrazine groups is 2. The van der Waals surface area contributed by atoms with Crippen LogP contribution in [0.3, 0.4) is 0 Å². The van der Waals surface area contributed by atoms with Crippen molar-refractivity contribution in [3.8, 4) is 0 Å². The van der Waals surface area contributed by atoms with Crippen LogP contribution in [0, 0.1) is 0 Å². The van der Waals surface area contributed by atoms with E-state index in [4.69, 9.17) is 11.6 Å². The number of esters is 2. The van der Waals surface area contributed by atoms with Crippen LogP contribution in [0.15, 0.2) is 90.3 Å². The standard InChI is InChI=1S/C13H10BrF3N2O2.C7H6BrF3N2.C7H5BrF3N.C6H6O3.CH4/c1-6-7(2)12(21)19(11(6)20)18-8-3-4-10(14)9(5-8)13(15,16)17;8-6-2-1-4(13-12)3-5(6)7(9,10)11;8-6-2-1-4(12)3-5(6)7(9,10)11;1-3-4(2)6(8)9-5(3)7;/h3-5,18H,1-2H3;1-3,13H,12H2;1-3H,12H2;1-2H3;1H4. The second kappa shape index (κ2) is 19.6. The van der Waals surface area contributed by atoms with E-state index in [1.807, 2.05) is 0 Å². The molecular weight excluding hydrogens is 969 g/mol. The Morgan fingerprint density at radius 2 is 0.911 bits per heavy atom. The quantitative estimate of drug-likeness (QED) is 0.0382. The number of carbonyl (C=O) groups is 4. The van der Waals surface area contributed by atoms with Crippen LogP contribution < -0.4 is 22.4 Å². The van der Waals surface area contributed by atoms with Gasteiger partial charge in [0.25, 0.3) is 11.8 Å². The number of nitrogens with zero attached hydrogens (tertiary/aromatic N) is 1. The van der Waals surface area contributed by atoms with E-state index in [0.717, 1.165) is 18.2 Å². The van der Waals surface area contributed by atoms with Gasteiger partial charge in [-0.3, -0.25) is 20.9 Å². The summed E-state index contributed by atoms with van der Waals surface area (Å²) in [7, 11) is 0. The number of imide groups is 1. The zero-order valence-corrected chi connectivity index (χ0v) is 33.1. The van der Waals surface area contributed by atoms with E-state index in [1.165, 1.54) is 50.2 Å². The number of anilines is 3. The average Bonchev–Trinajstić information content (AvgIpc) is 3.41. The largest absolute Gasteiger partial charge is 0.417 e. The molecule has 3 aromatic carbocycles. The minimum Gasteiger partial charge on any atom is -0.399 e. The van der Waals surface area contributed by atoms with E-state index in [2.05, 4.69) is 63.4 Å². The van der Waals surface area contributed by atoms with Crippen molar-refractivity contribution in [3.63, 3.8) is 0 Å². The van der Waals surface area contributed by atoms with Gasteiger partial charge in [-0.15, -0.1) is 0 Å². The van der Waals surface area contributed by atoms with Gasteiger partial charge in [0.1, 0.15) is 0 Å². The number of nitrogen functional groups attached to an aromatic ring is 2. The van der Waals surface area contributed by atoms with Crippen LogP contribution in [0.5, 0.6) is 0 Å². The number of hydrogen-bond acceptors (Lipinski definition) is 9. The Labute approximate surface area is 338 Å². The topological polar surface area (TPSA) is 157 Å². The SMILES string of the molecule is C.CC1=C(C)C(=O)N(Nc2ccc(Br)c(C(F)(F)F)c2)C1=O.CC1=C(C)C(=O)OC1=O.NNc1ccc(Br)c(C(F)(F)F)c1.Nc1ccc(Br)c(C(F)(F)F)c1. The smallest absolute Gasteiger partial charge is 0.399 e. The summed E-state index contributed by atoms with van der Waals surface area (Å²) in [6, 6.07) is 10.6. The minimum atomic E-state index is -4.54. The Balaban J connectivity index is 0.000000391. The van der Waals surface area contributed by atoms with Crippen LogP contribution in [0.1, 0.15) is 51.8 Å². The third-order valence-corrected chi connectivity index (χ3v) is 9.29. The van der Waals surface area contributed by atoms with Crippen molar-refractivity contribution in [2.45, 2.75) is 53.7 Å². The first kappa shape index (κ1) is 49.6. The highest BCUT2D eigenvalue weighted by Crippen LogP contribution is 2.38. The van der Waals surface area contributed by atoms with E-state index in [0.29, 0.717) is 16.2 Å². The second-order valence-corrected chi connectivity index (χ2v) is 13.6. The van der Waals surface area contributed by atoms with Gasteiger partial charge < -0.3 is 15.9 Å². The van der Waals surface area contributed by atoms with E-state index in [9.17, 15) is 58.7 Å². The predicted octanol–water partition coefficient (Wildman–Crippen LogP) is 10.3. The fourth-order valence-electron chi connectivity index (χ4n) is 3.93. The van der Waals surface area contributed by atoms with Gasteiger partial charge in [-0.05, 0) is 82.3 Å². The molecule has 22 heteroatoms. The Morgan fingerprint density at radius 1 is 0.571 bits per heavy atom. The van der Waals surface area contributed by atoms with E-state index < -0.39 is 59.0 Å². The summed E-state index contributed by atoms with van der Waals surface area (Å²) in [5.41, 5.74) is 9.05. The van der Waals surface area contributed by atoms with Crippen molar-refractivity contribution >= 4 is 88.6 Å². The molecule has 0 spiro atoms. The van der Waals surface area contributed by atoms with Gasteiger partial charge in [0.2, 0.25) is 0 Å².